The molecule has 1 aromatic carbocycles. The maximum Gasteiger partial charge on any atom is 0.127 e. The molecule has 3 nitrogen and oxygen atoms in total. The number of piperidine rings is 1. The Morgan fingerprint density at radius 1 is 1.10 bits per heavy atom. The van der Waals surface area contributed by atoms with Crippen molar-refractivity contribution in [2.45, 2.75) is 42.8 Å². The van der Waals surface area contributed by atoms with E-state index in [-0.39, 0.29) is 0 Å². The van der Waals surface area contributed by atoms with Crippen LogP contribution in [0.1, 0.15) is 38.2 Å². The lowest BCUT2D eigenvalue weighted by molar-refractivity contribution is 0.362. The van der Waals surface area contributed by atoms with Crippen molar-refractivity contribution >= 4 is 11.8 Å². The molecular weight excluding hydrogens is 270 g/mol. The highest BCUT2D eigenvalue weighted by Gasteiger charge is 2.24. The van der Waals surface area contributed by atoms with Gasteiger partial charge < -0.3 is 14.8 Å². The van der Waals surface area contributed by atoms with Crippen LogP contribution in [-0.2, 0) is 0 Å². The average Bonchev–Trinajstić information content (AvgIpc) is 2.46. The molecule has 1 aromatic rings. The van der Waals surface area contributed by atoms with E-state index in [1.807, 2.05) is 11.8 Å². The van der Waals surface area contributed by atoms with Crippen molar-refractivity contribution in [1.29, 1.82) is 0 Å². The van der Waals surface area contributed by atoms with Crippen molar-refractivity contribution in [2.75, 3.05) is 27.3 Å². The van der Waals surface area contributed by atoms with E-state index in [1.54, 1.807) is 14.2 Å². The minimum atomic E-state index is 0.527. The summed E-state index contributed by atoms with van der Waals surface area (Å²) in [6.45, 7) is 6.54. The summed E-state index contributed by atoms with van der Waals surface area (Å²) in [5.74, 6) is 2.47. The first kappa shape index (κ1) is 15.5. The third-order valence-corrected chi connectivity index (χ3v) is 4.62. The van der Waals surface area contributed by atoms with E-state index in [2.05, 4.69) is 31.3 Å². The van der Waals surface area contributed by atoms with Gasteiger partial charge in [-0.15, -0.1) is 11.8 Å². The van der Waals surface area contributed by atoms with Gasteiger partial charge >= 0.3 is 0 Å². The van der Waals surface area contributed by atoms with Crippen molar-refractivity contribution < 1.29 is 9.47 Å². The zero-order valence-electron chi connectivity index (χ0n) is 12.9. The second-order valence-corrected chi connectivity index (χ2v) is 7.08. The Balaban J connectivity index is 2.37. The van der Waals surface area contributed by atoms with Gasteiger partial charge in [0.2, 0.25) is 0 Å². The summed E-state index contributed by atoms with van der Waals surface area (Å²) in [4.78, 5) is 1.21. The van der Waals surface area contributed by atoms with Crippen molar-refractivity contribution in [1.82, 2.24) is 5.32 Å². The van der Waals surface area contributed by atoms with Crippen LogP contribution in [0.3, 0.4) is 0 Å². The first-order chi connectivity index (χ1) is 9.65. The lowest BCUT2D eigenvalue weighted by Gasteiger charge is -2.26. The Morgan fingerprint density at radius 3 is 2.10 bits per heavy atom. The van der Waals surface area contributed by atoms with Gasteiger partial charge in [-0.1, -0.05) is 13.8 Å². The predicted octanol–water partition coefficient (Wildman–Crippen LogP) is 3.67. The molecule has 4 heteroatoms. The van der Waals surface area contributed by atoms with E-state index in [4.69, 9.17) is 9.47 Å². The molecule has 0 spiro atoms. The quantitative estimate of drug-likeness (QED) is 0.840. The minimum absolute atomic E-state index is 0.527. The molecule has 1 aliphatic heterocycles. The predicted molar refractivity (Wildman–Crippen MR) is 85.4 cm³/mol. The van der Waals surface area contributed by atoms with E-state index in [1.165, 1.54) is 10.5 Å². The Morgan fingerprint density at radius 2 is 1.65 bits per heavy atom. The van der Waals surface area contributed by atoms with Gasteiger partial charge in [-0.05, 0) is 44.0 Å². The van der Waals surface area contributed by atoms with Crippen LogP contribution in [-0.4, -0.2) is 32.6 Å². The zero-order valence-corrected chi connectivity index (χ0v) is 13.7. The second kappa shape index (κ2) is 7.23. The Hall–Kier alpha value is -0.870. The third kappa shape index (κ3) is 3.61. The molecule has 0 aromatic heterocycles. The number of methoxy groups -OCH3 is 2. The van der Waals surface area contributed by atoms with E-state index >= 15 is 0 Å². The van der Waals surface area contributed by atoms with E-state index < -0.39 is 0 Å². The molecule has 0 aliphatic carbocycles. The molecule has 2 rings (SSSR count). The summed E-state index contributed by atoms with van der Waals surface area (Å²) in [5.41, 5.74) is 1.24. The minimum Gasteiger partial charge on any atom is -0.496 e. The fourth-order valence-electron chi connectivity index (χ4n) is 2.77. The summed E-state index contributed by atoms with van der Waals surface area (Å²) < 4.78 is 11.3. The van der Waals surface area contributed by atoms with Crippen LogP contribution < -0.4 is 14.8 Å². The molecule has 20 heavy (non-hydrogen) atoms. The first-order valence-electron chi connectivity index (χ1n) is 7.29. The van der Waals surface area contributed by atoms with Crippen LogP contribution in [0.4, 0.5) is 0 Å². The molecule has 0 radical (unpaired) electrons. The number of ether oxygens (including phenoxy) is 2. The largest absolute Gasteiger partial charge is 0.496 e. The standard InChI is InChI=1S/C16H25NO2S/c1-11(2)20-13-9-14(18-3)16(15(10-13)19-4)12-5-7-17-8-6-12/h9-12,17H,5-8H2,1-4H3. The number of rotatable bonds is 5. The van der Waals surface area contributed by atoms with Crippen LogP contribution in [0.25, 0.3) is 0 Å². The van der Waals surface area contributed by atoms with Crippen LogP contribution in [0.15, 0.2) is 17.0 Å². The molecule has 0 saturated carbocycles. The third-order valence-electron chi connectivity index (χ3n) is 3.64. The second-order valence-electron chi connectivity index (χ2n) is 5.43. The van der Waals surface area contributed by atoms with Gasteiger partial charge in [-0.2, -0.15) is 0 Å². The maximum absolute atomic E-state index is 5.65. The van der Waals surface area contributed by atoms with E-state index in [9.17, 15) is 0 Å². The van der Waals surface area contributed by atoms with Crippen molar-refractivity contribution in [3.8, 4) is 11.5 Å². The van der Waals surface area contributed by atoms with Gasteiger partial charge in [-0.3, -0.25) is 0 Å². The van der Waals surface area contributed by atoms with Gasteiger partial charge in [0.25, 0.3) is 0 Å². The van der Waals surface area contributed by atoms with Gasteiger partial charge in [0, 0.05) is 15.7 Å². The summed E-state index contributed by atoms with van der Waals surface area (Å²) in [6.07, 6.45) is 2.28. The number of benzene rings is 1. The molecule has 1 fully saturated rings. The fourth-order valence-corrected chi connectivity index (χ4v) is 3.66. The lowest BCUT2D eigenvalue weighted by Crippen LogP contribution is -2.27. The topological polar surface area (TPSA) is 30.5 Å². The average molecular weight is 295 g/mol. The van der Waals surface area contributed by atoms with Gasteiger partial charge in [0.1, 0.15) is 11.5 Å². The van der Waals surface area contributed by atoms with Crippen LogP contribution in [0.5, 0.6) is 11.5 Å². The monoisotopic (exact) mass is 295 g/mol. The smallest absolute Gasteiger partial charge is 0.127 e. The molecule has 1 heterocycles. The van der Waals surface area contributed by atoms with Gasteiger partial charge in [0.05, 0.1) is 14.2 Å². The van der Waals surface area contributed by atoms with Crippen LogP contribution >= 0.6 is 11.8 Å². The molecule has 0 atom stereocenters. The Labute approximate surface area is 126 Å². The number of thioether (sulfide) groups is 1. The summed E-state index contributed by atoms with van der Waals surface area (Å²) in [6, 6.07) is 4.31. The fraction of sp³-hybridized carbons (Fsp3) is 0.625. The molecule has 1 N–H and O–H groups in total. The van der Waals surface area contributed by atoms with Gasteiger partial charge in [0.15, 0.2) is 0 Å². The number of hydrogen-bond acceptors (Lipinski definition) is 4. The van der Waals surface area contributed by atoms with E-state index in [0.717, 1.165) is 37.4 Å². The van der Waals surface area contributed by atoms with Crippen LogP contribution in [0.2, 0.25) is 0 Å². The first-order valence-corrected chi connectivity index (χ1v) is 8.17. The summed E-state index contributed by atoms with van der Waals surface area (Å²) >= 11 is 1.84. The van der Waals surface area contributed by atoms with Gasteiger partial charge in [-0.25, -0.2) is 0 Å². The van der Waals surface area contributed by atoms with Crippen molar-refractivity contribution in [3.63, 3.8) is 0 Å². The maximum atomic E-state index is 5.65. The summed E-state index contributed by atoms with van der Waals surface area (Å²) in [5, 5.41) is 3.96. The SMILES string of the molecule is COc1cc(SC(C)C)cc(OC)c1C1CCNCC1. The molecule has 0 unspecified atom stereocenters. The zero-order chi connectivity index (χ0) is 14.5. The van der Waals surface area contributed by atoms with Crippen molar-refractivity contribution in [2.24, 2.45) is 0 Å². The normalized spacial score (nSPS) is 16.4. The molecule has 1 saturated heterocycles. The van der Waals surface area contributed by atoms with Crippen molar-refractivity contribution in [3.05, 3.63) is 17.7 Å². The van der Waals surface area contributed by atoms with E-state index in [0.29, 0.717) is 11.2 Å². The Kier molecular flexibility index (Phi) is 5.61. The molecular formula is C16H25NO2S. The highest BCUT2D eigenvalue weighted by atomic mass is 32.2. The Bertz CT molecular complexity index is 417. The molecule has 112 valence electrons. The number of nitrogens with one attached hydrogen (secondary N) is 1. The highest BCUT2D eigenvalue weighted by Crippen LogP contribution is 2.42. The molecule has 0 amide bonds. The molecule has 0 bridgehead atoms. The van der Waals surface area contributed by atoms with Crippen LogP contribution in [0, 0.1) is 0 Å². The lowest BCUT2D eigenvalue weighted by atomic mass is 9.89. The molecule has 1 aliphatic rings. The summed E-state index contributed by atoms with van der Waals surface area (Å²) in [7, 11) is 3.51. The highest BCUT2D eigenvalue weighted by molar-refractivity contribution is 7.99. The number of hydrogen-bond donors (Lipinski definition) is 1.